The summed E-state index contributed by atoms with van der Waals surface area (Å²) in [7, 11) is 0. The molecule has 0 fully saturated rings. The van der Waals surface area contributed by atoms with Gasteiger partial charge in [0.1, 0.15) is 17.0 Å². The summed E-state index contributed by atoms with van der Waals surface area (Å²) in [5.74, 6) is 0.521. The summed E-state index contributed by atoms with van der Waals surface area (Å²) >= 11 is 1.54. The molecule has 0 spiro atoms. The van der Waals surface area contributed by atoms with Gasteiger partial charge in [0.2, 0.25) is 5.82 Å². The van der Waals surface area contributed by atoms with E-state index in [0.717, 1.165) is 21.3 Å². The van der Waals surface area contributed by atoms with Crippen LogP contribution >= 0.6 is 11.3 Å². The Hall–Kier alpha value is -3.52. The van der Waals surface area contributed by atoms with Crippen LogP contribution in [0.1, 0.15) is 5.56 Å². The van der Waals surface area contributed by atoms with E-state index in [1.807, 2.05) is 0 Å². The Kier molecular flexibility index (Phi) is 3.91. The van der Waals surface area contributed by atoms with Gasteiger partial charge < -0.3 is 0 Å². The number of tetrazole rings is 1. The van der Waals surface area contributed by atoms with Gasteiger partial charge in [-0.2, -0.15) is 0 Å². The molecule has 0 atom stereocenters. The minimum absolute atomic E-state index is 0.332. The fraction of sp³-hybridized carbons (Fsp3) is 0.0500. The third-order valence-corrected chi connectivity index (χ3v) is 5.29. The van der Waals surface area contributed by atoms with Gasteiger partial charge in [-0.25, -0.2) is 14.4 Å². The van der Waals surface area contributed by atoms with Gasteiger partial charge in [0.15, 0.2) is 5.82 Å². The highest BCUT2D eigenvalue weighted by Gasteiger charge is 2.17. The highest BCUT2D eigenvalue weighted by atomic mass is 32.1. The first kappa shape index (κ1) is 16.6. The highest BCUT2D eigenvalue weighted by Crippen LogP contribution is 2.35. The first-order valence-corrected chi connectivity index (χ1v) is 9.42. The van der Waals surface area contributed by atoms with E-state index in [0.29, 0.717) is 17.2 Å². The summed E-state index contributed by atoms with van der Waals surface area (Å²) in [6.07, 6.45) is 1.48. The fourth-order valence-corrected chi connectivity index (χ4v) is 3.91. The van der Waals surface area contributed by atoms with Crippen molar-refractivity contribution in [2.75, 3.05) is 0 Å². The maximum Gasteiger partial charge on any atom is 0.205 e. The number of hydrogen-bond acceptors (Lipinski definition) is 6. The summed E-state index contributed by atoms with van der Waals surface area (Å²) in [4.78, 5) is 11.0. The first-order chi connectivity index (χ1) is 13.7. The van der Waals surface area contributed by atoms with Crippen molar-refractivity contribution >= 4 is 21.6 Å². The smallest absolute Gasteiger partial charge is 0.205 e. The van der Waals surface area contributed by atoms with Gasteiger partial charge >= 0.3 is 0 Å². The Labute approximate surface area is 163 Å². The fourth-order valence-electron chi connectivity index (χ4n) is 3.00. The van der Waals surface area contributed by atoms with Crippen molar-refractivity contribution in [3.05, 3.63) is 71.6 Å². The quantitative estimate of drug-likeness (QED) is 0.457. The van der Waals surface area contributed by atoms with E-state index in [2.05, 4.69) is 61.9 Å². The van der Waals surface area contributed by atoms with Crippen LogP contribution in [0.5, 0.6) is 0 Å². The number of aryl methyl sites for hydroxylation is 1. The number of benzene rings is 2. The molecule has 5 aromatic rings. The van der Waals surface area contributed by atoms with Crippen molar-refractivity contribution in [1.82, 2.24) is 30.2 Å². The van der Waals surface area contributed by atoms with Gasteiger partial charge in [0.05, 0.1) is 5.39 Å². The van der Waals surface area contributed by atoms with Gasteiger partial charge in [-0.05, 0) is 29.8 Å². The lowest BCUT2D eigenvalue weighted by atomic mass is 10.0. The Balaban J connectivity index is 1.66. The van der Waals surface area contributed by atoms with Gasteiger partial charge in [-0.15, -0.1) is 26.3 Å². The van der Waals surface area contributed by atoms with Crippen molar-refractivity contribution in [1.29, 1.82) is 0 Å². The van der Waals surface area contributed by atoms with Gasteiger partial charge in [-0.1, -0.05) is 42.0 Å². The Morgan fingerprint density at radius 1 is 1.00 bits per heavy atom. The third kappa shape index (κ3) is 2.84. The second-order valence-corrected chi connectivity index (χ2v) is 7.16. The summed E-state index contributed by atoms with van der Waals surface area (Å²) in [6.45, 7) is 2.05. The van der Waals surface area contributed by atoms with Crippen LogP contribution in [0.3, 0.4) is 0 Å². The van der Waals surface area contributed by atoms with Gasteiger partial charge in [-0.3, -0.25) is 0 Å². The van der Waals surface area contributed by atoms with Crippen molar-refractivity contribution in [3.63, 3.8) is 0 Å². The van der Waals surface area contributed by atoms with E-state index in [1.54, 1.807) is 12.1 Å². The van der Waals surface area contributed by atoms with Crippen LogP contribution in [0.15, 0.2) is 60.2 Å². The summed E-state index contributed by atoms with van der Waals surface area (Å²) < 4.78 is 13.5. The van der Waals surface area contributed by atoms with Crippen LogP contribution in [0.2, 0.25) is 0 Å². The molecule has 0 saturated heterocycles. The van der Waals surface area contributed by atoms with E-state index in [9.17, 15) is 4.39 Å². The number of rotatable bonds is 3. The lowest BCUT2D eigenvalue weighted by Crippen LogP contribution is -2.03. The van der Waals surface area contributed by atoms with Crippen molar-refractivity contribution in [2.45, 2.75) is 6.92 Å². The Morgan fingerprint density at radius 2 is 1.86 bits per heavy atom. The molecule has 0 aliphatic rings. The molecule has 0 unspecified atom stereocenters. The van der Waals surface area contributed by atoms with Crippen molar-refractivity contribution < 1.29 is 4.39 Å². The van der Waals surface area contributed by atoms with E-state index in [1.165, 1.54) is 40.2 Å². The number of fused-ring (bicyclic) bond motifs is 1. The minimum atomic E-state index is -0.349. The van der Waals surface area contributed by atoms with Crippen LogP contribution in [-0.2, 0) is 0 Å². The molecule has 28 heavy (non-hydrogen) atoms. The van der Waals surface area contributed by atoms with E-state index < -0.39 is 0 Å². The minimum Gasteiger partial charge on any atom is -0.225 e. The standard InChI is InChI=1S/C20H13FN6S/c1-12-5-7-13(8-6-12)16-10-28-20-17(16)19(22-11-23-20)27-25-18(24-26-27)14-3-2-4-15(21)9-14/h2-11H,1H3. The van der Waals surface area contributed by atoms with E-state index >= 15 is 0 Å². The molecular weight excluding hydrogens is 375 g/mol. The molecule has 136 valence electrons. The van der Waals surface area contributed by atoms with Crippen molar-refractivity contribution in [3.8, 4) is 28.3 Å². The Morgan fingerprint density at radius 3 is 2.68 bits per heavy atom. The highest BCUT2D eigenvalue weighted by molar-refractivity contribution is 7.17. The maximum atomic E-state index is 13.5. The molecule has 2 aromatic carbocycles. The average Bonchev–Trinajstić information content (AvgIpc) is 3.36. The average molecular weight is 388 g/mol. The number of thiophene rings is 1. The van der Waals surface area contributed by atoms with Crippen LogP contribution in [0.25, 0.3) is 38.5 Å². The topological polar surface area (TPSA) is 69.4 Å². The number of aromatic nitrogens is 6. The monoisotopic (exact) mass is 388 g/mol. The molecule has 3 aromatic heterocycles. The zero-order valence-electron chi connectivity index (χ0n) is 14.7. The molecule has 0 aliphatic carbocycles. The van der Waals surface area contributed by atoms with Crippen LogP contribution < -0.4 is 0 Å². The zero-order chi connectivity index (χ0) is 19.1. The molecule has 5 rings (SSSR count). The van der Waals surface area contributed by atoms with Crippen LogP contribution in [0, 0.1) is 12.7 Å². The summed E-state index contributed by atoms with van der Waals surface area (Å²) in [6, 6.07) is 14.4. The third-order valence-electron chi connectivity index (χ3n) is 4.40. The predicted molar refractivity (Wildman–Crippen MR) is 106 cm³/mol. The van der Waals surface area contributed by atoms with E-state index in [4.69, 9.17) is 0 Å². The van der Waals surface area contributed by atoms with Gasteiger partial charge in [0, 0.05) is 16.5 Å². The molecule has 3 heterocycles. The molecular formula is C20H13FN6S. The van der Waals surface area contributed by atoms with Crippen molar-refractivity contribution in [2.24, 2.45) is 0 Å². The normalized spacial score (nSPS) is 11.2. The molecule has 0 saturated carbocycles. The molecule has 0 bridgehead atoms. The number of halogens is 1. The molecule has 6 nitrogen and oxygen atoms in total. The second kappa shape index (κ2) is 6.58. The lowest BCUT2D eigenvalue weighted by molar-refractivity contribution is 0.628. The van der Waals surface area contributed by atoms with E-state index in [-0.39, 0.29) is 5.82 Å². The van der Waals surface area contributed by atoms with Crippen LogP contribution in [-0.4, -0.2) is 30.2 Å². The SMILES string of the molecule is Cc1ccc(-c2csc3ncnc(-n4nnc(-c5cccc(F)c5)n4)c23)cc1. The largest absolute Gasteiger partial charge is 0.225 e. The maximum absolute atomic E-state index is 13.5. The van der Waals surface area contributed by atoms with Crippen LogP contribution in [0.4, 0.5) is 4.39 Å². The lowest BCUT2D eigenvalue weighted by Gasteiger charge is -2.04. The first-order valence-electron chi connectivity index (χ1n) is 8.54. The van der Waals surface area contributed by atoms with Gasteiger partial charge in [0.25, 0.3) is 0 Å². The zero-order valence-corrected chi connectivity index (χ0v) is 15.6. The summed E-state index contributed by atoms with van der Waals surface area (Å²) in [5.41, 5.74) is 3.83. The second-order valence-electron chi connectivity index (χ2n) is 6.31. The molecule has 0 amide bonds. The summed E-state index contributed by atoms with van der Waals surface area (Å²) in [5, 5.41) is 15.5. The molecule has 0 N–H and O–H groups in total. The Bertz CT molecular complexity index is 1290. The molecule has 0 radical (unpaired) electrons. The molecule has 8 heteroatoms. The predicted octanol–water partition coefficient (Wildman–Crippen LogP) is 4.45. The number of hydrogen-bond donors (Lipinski definition) is 0. The number of nitrogens with zero attached hydrogens (tertiary/aromatic N) is 6. The molecule has 0 aliphatic heterocycles.